The molecule has 0 atom stereocenters. The quantitative estimate of drug-likeness (QED) is 0.394. The summed E-state index contributed by atoms with van der Waals surface area (Å²) >= 11 is 2.87. The Kier molecular flexibility index (Phi) is 7.29. The summed E-state index contributed by atoms with van der Waals surface area (Å²) in [7, 11) is 0. The summed E-state index contributed by atoms with van der Waals surface area (Å²) < 4.78 is 18.5. The Balaban J connectivity index is 0.000000199. The zero-order valence-electron chi connectivity index (χ0n) is 14.7. The Hall–Kier alpha value is -2.48. The molecule has 27 heavy (non-hydrogen) atoms. The standard InChI is InChI=1S/C12H14O3.C7H5BrFNO2/c13-8-9-5-6-12(11(14)7-9)15-10-3-1-2-4-10;1-4-2-6(9)5(8)3-7(4)10(11)12/h5-8,10,14H,1-4H2;2-3H,1H3. The van der Waals surface area contributed by atoms with Gasteiger partial charge in [0.05, 0.1) is 15.5 Å². The van der Waals surface area contributed by atoms with E-state index in [0.717, 1.165) is 25.0 Å². The molecule has 1 saturated carbocycles. The van der Waals surface area contributed by atoms with E-state index >= 15 is 0 Å². The second-order valence-electron chi connectivity index (χ2n) is 6.18. The number of aldehydes is 1. The van der Waals surface area contributed by atoms with Crippen LogP contribution in [0.25, 0.3) is 0 Å². The molecule has 1 aliphatic rings. The van der Waals surface area contributed by atoms with E-state index in [1.54, 1.807) is 12.1 Å². The van der Waals surface area contributed by atoms with Gasteiger partial charge in [-0.25, -0.2) is 4.39 Å². The van der Waals surface area contributed by atoms with Gasteiger partial charge in [-0.3, -0.25) is 14.9 Å². The number of phenols is 1. The van der Waals surface area contributed by atoms with Crippen LogP contribution in [0, 0.1) is 22.9 Å². The second-order valence-corrected chi connectivity index (χ2v) is 7.03. The highest BCUT2D eigenvalue weighted by Gasteiger charge is 2.18. The first-order valence-electron chi connectivity index (χ1n) is 8.36. The molecule has 2 aromatic carbocycles. The molecule has 6 nitrogen and oxygen atoms in total. The first-order valence-corrected chi connectivity index (χ1v) is 9.16. The van der Waals surface area contributed by atoms with Crippen molar-refractivity contribution in [2.75, 3.05) is 0 Å². The Morgan fingerprint density at radius 1 is 1.30 bits per heavy atom. The minimum atomic E-state index is -0.542. The van der Waals surface area contributed by atoms with E-state index in [0.29, 0.717) is 23.2 Å². The number of nitro benzene ring substituents is 1. The summed E-state index contributed by atoms with van der Waals surface area (Å²) in [6.45, 7) is 1.49. The number of carbonyl (C=O) groups is 1. The molecule has 0 spiro atoms. The SMILES string of the molecule is Cc1cc(F)c(Br)cc1[N+](=O)[O-].O=Cc1ccc(OC2CCCC2)c(O)c1. The number of halogens is 2. The van der Waals surface area contributed by atoms with Crippen LogP contribution in [0.2, 0.25) is 0 Å². The zero-order valence-corrected chi connectivity index (χ0v) is 16.2. The van der Waals surface area contributed by atoms with Crippen LogP contribution in [0.5, 0.6) is 11.5 Å². The number of benzene rings is 2. The number of aryl methyl sites for hydroxylation is 1. The van der Waals surface area contributed by atoms with Gasteiger partial charge < -0.3 is 9.84 Å². The van der Waals surface area contributed by atoms with E-state index in [-0.39, 0.29) is 22.0 Å². The molecule has 1 fully saturated rings. The minimum absolute atomic E-state index is 0.0477. The van der Waals surface area contributed by atoms with Gasteiger partial charge >= 0.3 is 0 Å². The Morgan fingerprint density at radius 2 is 1.96 bits per heavy atom. The second kappa shape index (κ2) is 9.45. The lowest BCUT2D eigenvalue weighted by atomic mass is 10.2. The summed E-state index contributed by atoms with van der Waals surface area (Å²) in [6.07, 6.45) is 5.41. The number of aromatic hydroxyl groups is 1. The van der Waals surface area contributed by atoms with Crippen molar-refractivity contribution in [1.29, 1.82) is 0 Å². The van der Waals surface area contributed by atoms with Crippen LogP contribution in [0.1, 0.15) is 41.6 Å². The highest BCUT2D eigenvalue weighted by Crippen LogP contribution is 2.31. The van der Waals surface area contributed by atoms with E-state index in [9.17, 15) is 24.4 Å². The molecule has 2 aromatic rings. The van der Waals surface area contributed by atoms with Crippen molar-refractivity contribution in [3.8, 4) is 11.5 Å². The van der Waals surface area contributed by atoms with E-state index in [1.807, 2.05) is 0 Å². The fourth-order valence-electron chi connectivity index (χ4n) is 2.73. The highest BCUT2D eigenvalue weighted by molar-refractivity contribution is 9.10. The first-order chi connectivity index (χ1) is 12.8. The molecule has 0 aliphatic heterocycles. The first kappa shape index (κ1) is 20.8. The number of carbonyl (C=O) groups excluding carboxylic acids is 1. The fourth-order valence-corrected chi connectivity index (χ4v) is 3.06. The number of hydrogen-bond donors (Lipinski definition) is 1. The van der Waals surface area contributed by atoms with Crippen LogP contribution in [-0.4, -0.2) is 22.4 Å². The molecular weight excluding hydrogens is 421 g/mol. The maximum Gasteiger partial charge on any atom is 0.273 e. The molecule has 0 aromatic heterocycles. The van der Waals surface area contributed by atoms with Crippen molar-refractivity contribution < 1.29 is 24.0 Å². The minimum Gasteiger partial charge on any atom is -0.504 e. The lowest BCUT2D eigenvalue weighted by Crippen LogP contribution is -2.10. The number of rotatable bonds is 4. The fraction of sp³-hybridized carbons (Fsp3) is 0.316. The van der Waals surface area contributed by atoms with Gasteiger partial charge in [0.15, 0.2) is 11.5 Å². The molecule has 1 N–H and O–H groups in total. The van der Waals surface area contributed by atoms with Crippen LogP contribution < -0.4 is 4.74 Å². The van der Waals surface area contributed by atoms with Crippen molar-refractivity contribution in [2.24, 2.45) is 0 Å². The van der Waals surface area contributed by atoms with Crippen LogP contribution >= 0.6 is 15.9 Å². The molecule has 1 aliphatic carbocycles. The maximum atomic E-state index is 12.8. The number of phenolic OH excluding ortho intramolecular Hbond substituents is 1. The third-order valence-corrected chi connectivity index (χ3v) is 4.76. The van der Waals surface area contributed by atoms with Crippen LogP contribution in [0.4, 0.5) is 10.1 Å². The largest absolute Gasteiger partial charge is 0.504 e. The lowest BCUT2D eigenvalue weighted by Gasteiger charge is -2.14. The molecule has 0 amide bonds. The molecule has 0 heterocycles. The van der Waals surface area contributed by atoms with Gasteiger partial charge in [0.25, 0.3) is 5.69 Å². The summed E-state index contributed by atoms with van der Waals surface area (Å²) in [6, 6.07) is 7.01. The summed E-state index contributed by atoms with van der Waals surface area (Å²) in [5.41, 5.74) is 0.704. The topological polar surface area (TPSA) is 89.7 Å². The zero-order chi connectivity index (χ0) is 20.0. The van der Waals surface area contributed by atoms with Crippen molar-refractivity contribution in [3.05, 3.63) is 61.9 Å². The Morgan fingerprint density at radius 3 is 2.52 bits per heavy atom. The maximum absolute atomic E-state index is 12.8. The molecule has 0 unspecified atom stereocenters. The predicted molar refractivity (Wildman–Crippen MR) is 102 cm³/mol. The van der Waals surface area contributed by atoms with Crippen LogP contribution in [-0.2, 0) is 0 Å². The molecular formula is C19H19BrFNO5. The van der Waals surface area contributed by atoms with E-state index in [4.69, 9.17) is 4.74 Å². The number of ether oxygens (including phenoxy) is 1. The highest BCUT2D eigenvalue weighted by atomic mass is 79.9. The van der Waals surface area contributed by atoms with Gasteiger partial charge in [-0.15, -0.1) is 0 Å². The van der Waals surface area contributed by atoms with Gasteiger partial charge in [0.1, 0.15) is 12.1 Å². The van der Waals surface area contributed by atoms with E-state index < -0.39 is 10.7 Å². The molecule has 0 radical (unpaired) electrons. The summed E-state index contributed by atoms with van der Waals surface area (Å²) in [5.74, 6) is 0.0390. The van der Waals surface area contributed by atoms with Crippen molar-refractivity contribution in [2.45, 2.75) is 38.7 Å². The molecule has 0 saturated heterocycles. The van der Waals surface area contributed by atoms with Crippen molar-refractivity contribution >= 4 is 27.9 Å². The van der Waals surface area contributed by atoms with Gasteiger partial charge in [-0.2, -0.15) is 0 Å². The predicted octanol–water partition coefficient (Wildman–Crippen LogP) is 5.33. The third-order valence-electron chi connectivity index (χ3n) is 4.15. The Bertz CT molecular complexity index is 837. The van der Waals surface area contributed by atoms with Gasteiger partial charge in [0.2, 0.25) is 0 Å². The molecule has 0 bridgehead atoms. The van der Waals surface area contributed by atoms with Crippen molar-refractivity contribution in [1.82, 2.24) is 0 Å². The van der Waals surface area contributed by atoms with Gasteiger partial charge in [0, 0.05) is 17.2 Å². The smallest absolute Gasteiger partial charge is 0.273 e. The monoisotopic (exact) mass is 439 g/mol. The summed E-state index contributed by atoms with van der Waals surface area (Å²) in [4.78, 5) is 20.3. The molecule has 144 valence electrons. The van der Waals surface area contributed by atoms with Crippen molar-refractivity contribution in [3.63, 3.8) is 0 Å². The summed E-state index contributed by atoms with van der Waals surface area (Å²) in [5, 5.41) is 19.9. The average molecular weight is 440 g/mol. The third kappa shape index (κ3) is 5.75. The van der Waals surface area contributed by atoms with Crippen LogP contribution in [0.15, 0.2) is 34.8 Å². The van der Waals surface area contributed by atoms with Gasteiger partial charge in [-0.1, -0.05) is 0 Å². The van der Waals surface area contributed by atoms with E-state index in [1.165, 1.54) is 25.8 Å². The average Bonchev–Trinajstić information content (AvgIpc) is 3.13. The molecule has 3 rings (SSSR count). The van der Waals surface area contributed by atoms with Crippen LogP contribution in [0.3, 0.4) is 0 Å². The normalized spacial score (nSPS) is 13.6. The number of nitro groups is 1. The molecule has 8 heteroatoms. The van der Waals surface area contributed by atoms with Gasteiger partial charge in [-0.05, 0) is 72.8 Å². The lowest BCUT2D eigenvalue weighted by molar-refractivity contribution is -0.385. The number of hydrogen-bond acceptors (Lipinski definition) is 5. The van der Waals surface area contributed by atoms with E-state index in [2.05, 4.69) is 15.9 Å². The Labute approximate surface area is 164 Å². The number of nitrogens with zero attached hydrogens (tertiary/aromatic N) is 1.